The summed E-state index contributed by atoms with van der Waals surface area (Å²) < 4.78 is 67.3. The summed E-state index contributed by atoms with van der Waals surface area (Å²) in [6, 6.07) is 9.21. The normalized spacial score (nSPS) is 22.7. The van der Waals surface area contributed by atoms with Gasteiger partial charge in [0.15, 0.2) is 15.4 Å². The first-order valence-corrected chi connectivity index (χ1v) is 13.2. The van der Waals surface area contributed by atoms with Crippen LogP contribution in [0.1, 0.15) is 45.1 Å². The second-order valence-corrected chi connectivity index (χ2v) is 11.7. The fraction of sp³-hybridized carbons (Fsp3) is 0.500. The zero-order valence-electron chi connectivity index (χ0n) is 19.7. The van der Waals surface area contributed by atoms with Crippen molar-refractivity contribution in [2.24, 2.45) is 0 Å². The summed E-state index contributed by atoms with van der Waals surface area (Å²) in [5, 5.41) is 3.04. The van der Waals surface area contributed by atoms with Crippen LogP contribution < -0.4 is 15.0 Å². The van der Waals surface area contributed by atoms with Crippen molar-refractivity contribution in [3.63, 3.8) is 0 Å². The molecule has 1 unspecified atom stereocenters. The van der Waals surface area contributed by atoms with Crippen molar-refractivity contribution < 1.29 is 31.1 Å². The molecule has 35 heavy (non-hydrogen) atoms. The van der Waals surface area contributed by atoms with Gasteiger partial charge in [-0.15, -0.1) is 0 Å². The average Bonchev–Trinajstić information content (AvgIpc) is 3.03. The summed E-state index contributed by atoms with van der Waals surface area (Å²) in [6.45, 7) is 3.10. The minimum Gasteiger partial charge on any atom is -0.462 e. The lowest BCUT2D eigenvalue weighted by atomic mass is 9.95. The van der Waals surface area contributed by atoms with Crippen LogP contribution >= 0.6 is 0 Å². The number of piperidine rings is 1. The second kappa shape index (κ2) is 9.00. The summed E-state index contributed by atoms with van der Waals surface area (Å²) in [7, 11) is -3.26. The van der Waals surface area contributed by atoms with E-state index < -0.39 is 27.2 Å². The third kappa shape index (κ3) is 5.55. The molecule has 11 heteroatoms. The Hall–Kier alpha value is -2.82. The number of amides is 1. The van der Waals surface area contributed by atoms with Gasteiger partial charge in [-0.2, -0.15) is 13.2 Å². The van der Waals surface area contributed by atoms with E-state index in [1.807, 2.05) is 12.1 Å². The summed E-state index contributed by atoms with van der Waals surface area (Å²) in [5.41, 5.74) is -1.25. The van der Waals surface area contributed by atoms with Crippen molar-refractivity contribution in [2.75, 3.05) is 11.2 Å². The molecule has 2 aliphatic rings. The van der Waals surface area contributed by atoms with Crippen LogP contribution in [-0.2, 0) is 20.8 Å². The topological polar surface area (TPSA) is 88.6 Å². The molecular formula is C24H28F3N3O4S. The van der Waals surface area contributed by atoms with Gasteiger partial charge < -0.3 is 15.0 Å². The molecular weight excluding hydrogens is 483 g/mol. The van der Waals surface area contributed by atoms with E-state index in [9.17, 15) is 26.4 Å². The van der Waals surface area contributed by atoms with Crippen molar-refractivity contribution in [1.82, 2.24) is 10.3 Å². The number of nitrogens with zero attached hydrogens (tertiary/aromatic N) is 2. The number of alkyl halides is 3. The molecule has 2 fully saturated rings. The fourth-order valence-corrected chi connectivity index (χ4v) is 5.49. The maximum Gasteiger partial charge on any atom is 0.417 e. The Morgan fingerprint density at radius 2 is 1.66 bits per heavy atom. The van der Waals surface area contributed by atoms with Crippen LogP contribution in [0.2, 0.25) is 0 Å². The van der Waals surface area contributed by atoms with E-state index in [1.165, 1.54) is 6.26 Å². The minimum absolute atomic E-state index is 0.0643. The Morgan fingerprint density at radius 3 is 2.14 bits per heavy atom. The van der Waals surface area contributed by atoms with Crippen LogP contribution in [0, 0.1) is 0 Å². The monoisotopic (exact) mass is 511 g/mol. The first-order valence-electron chi connectivity index (χ1n) is 11.4. The van der Waals surface area contributed by atoms with Gasteiger partial charge in [-0.1, -0.05) is 0 Å². The number of ether oxygens (including phenoxy) is 1. The zero-order chi connectivity index (χ0) is 25.6. The van der Waals surface area contributed by atoms with Gasteiger partial charge in [-0.3, -0.25) is 4.79 Å². The Balaban J connectivity index is 1.38. The number of carbonyl (C=O) groups is 1. The lowest BCUT2D eigenvalue weighted by Crippen LogP contribution is -2.55. The van der Waals surface area contributed by atoms with Gasteiger partial charge in [0.05, 0.1) is 10.5 Å². The maximum absolute atomic E-state index is 13.0. The van der Waals surface area contributed by atoms with Gasteiger partial charge in [-0.25, -0.2) is 13.4 Å². The molecule has 1 amide bonds. The van der Waals surface area contributed by atoms with Gasteiger partial charge in [0, 0.05) is 42.3 Å². The smallest absolute Gasteiger partial charge is 0.417 e. The van der Waals surface area contributed by atoms with Crippen molar-refractivity contribution in [1.29, 1.82) is 0 Å². The van der Waals surface area contributed by atoms with Crippen LogP contribution in [0.15, 0.2) is 47.5 Å². The van der Waals surface area contributed by atoms with Crippen LogP contribution in [0.4, 0.5) is 18.9 Å². The first-order chi connectivity index (χ1) is 16.2. The molecule has 0 aliphatic carbocycles. The number of fused-ring (bicyclic) bond motifs is 2. The van der Waals surface area contributed by atoms with Gasteiger partial charge in [0.1, 0.15) is 0 Å². The number of anilines is 1. The van der Waals surface area contributed by atoms with Gasteiger partial charge in [0.25, 0.3) is 5.91 Å². The van der Waals surface area contributed by atoms with E-state index in [-0.39, 0.29) is 34.8 Å². The minimum atomic E-state index is -4.50. The number of sulfone groups is 1. The number of aromatic nitrogens is 1. The third-order valence-corrected chi connectivity index (χ3v) is 7.73. The lowest BCUT2D eigenvalue weighted by molar-refractivity contribution is -0.138. The highest BCUT2D eigenvalue weighted by Gasteiger charge is 2.43. The summed E-state index contributed by atoms with van der Waals surface area (Å²) >= 11 is 0. The van der Waals surface area contributed by atoms with E-state index in [2.05, 4.69) is 15.2 Å². The predicted molar refractivity (Wildman–Crippen MR) is 124 cm³/mol. The number of halogens is 3. The molecule has 2 saturated heterocycles. The molecule has 2 bridgehead atoms. The molecule has 2 aliphatic heterocycles. The maximum atomic E-state index is 13.0. The first kappa shape index (κ1) is 25.3. The lowest BCUT2D eigenvalue weighted by Gasteiger charge is -2.41. The SMILES string of the molecule is CC(C)(Oc1ccc(C(F)(F)F)cn1)C(=O)NC1C[C@H]2CC[C@@H](C1)N2c1ccc(S(C)(=O)=O)cc1. The molecule has 4 rings (SSSR count). The van der Waals surface area contributed by atoms with Crippen LogP contribution in [0.5, 0.6) is 5.88 Å². The quantitative estimate of drug-likeness (QED) is 0.631. The van der Waals surface area contributed by atoms with Crippen molar-refractivity contribution in [3.05, 3.63) is 48.2 Å². The van der Waals surface area contributed by atoms with Gasteiger partial charge >= 0.3 is 6.18 Å². The van der Waals surface area contributed by atoms with Crippen LogP contribution in [-0.4, -0.2) is 49.3 Å². The molecule has 3 heterocycles. The van der Waals surface area contributed by atoms with E-state index in [0.29, 0.717) is 6.20 Å². The number of hydrogen-bond acceptors (Lipinski definition) is 6. The molecule has 1 N–H and O–H groups in total. The number of benzene rings is 1. The van der Waals surface area contributed by atoms with Crippen molar-refractivity contribution in [2.45, 2.75) is 74.3 Å². The highest BCUT2D eigenvalue weighted by Crippen LogP contribution is 2.40. The Bertz CT molecular complexity index is 1170. The zero-order valence-corrected chi connectivity index (χ0v) is 20.5. The molecule has 0 saturated carbocycles. The highest BCUT2D eigenvalue weighted by atomic mass is 32.2. The van der Waals surface area contributed by atoms with E-state index in [4.69, 9.17) is 4.74 Å². The van der Waals surface area contributed by atoms with Gasteiger partial charge in [0.2, 0.25) is 5.88 Å². The molecule has 190 valence electrons. The Kier molecular flexibility index (Phi) is 6.50. The molecule has 0 spiro atoms. The standard InChI is InChI=1S/C24H28F3N3O4S/c1-23(2,34-21-11-4-15(14-28-21)24(25,26)27)22(31)29-16-12-18-5-6-19(13-16)30(18)17-7-9-20(10-8-17)35(3,32)33/h4,7-11,14,16,18-19H,5-6,12-13H2,1-3H3,(H,29,31)/t16?,18-,19+. The summed E-state index contributed by atoms with van der Waals surface area (Å²) in [5.74, 6) is -0.430. The second-order valence-electron chi connectivity index (χ2n) is 9.70. The molecule has 3 atom stereocenters. The molecule has 0 radical (unpaired) electrons. The molecule has 1 aromatic carbocycles. The fourth-order valence-electron chi connectivity index (χ4n) is 4.86. The summed E-state index contributed by atoms with van der Waals surface area (Å²) in [4.78, 5) is 19.2. The molecule has 2 aromatic rings. The van der Waals surface area contributed by atoms with Crippen molar-refractivity contribution >= 4 is 21.4 Å². The highest BCUT2D eigenvalue weighted by molar-refractivity contribution is 7.90. The number of pyridine rings is 1. The van der Waals surface area contributed by atoms with Gasteiger partial charge in [-0.05, 0) is 69.9 Å². The number of carbonyl (C=O) groups excluding carboxylic acids is 1. The summed E-state index contributed by atoms with van der Waals surface area (Å²) in [6.07, 6.45) is 0.760. The van der Waals surface area contributed by atoms with Crippen LogP contribution in [0.3, 0.4) is 0 Å². The van der Waals surface area contributed by atoms with E-state index in [1.54, 1.807) is 26.0 Å². The van der Waals surface area contributed by atoms with Crippen molar-refractivity contribution in [3.8, 4) is 5.88 Å². The van der Waals surface area contributed by atoms with Crippen LogP contribution in [0.25, 0.3) is 0 Å². The van der Waals surface area contributed by atoms with E-state index >= 15 is 0 Å². The number of nitrogens with one attached hydrogen (secondary N) is 1. The largest absolute Gasteiger partial charge is 0.462 e. The number of rotatable bonds is 6. The third-order valence-electron chi connectivity index (χ3n) is 6.60. The Morgan fingerprint density at radius 1 is 1.06 bits per heavy atom. The molecule has 1 aromatic heterocycles. The molecule has 7 nitrogen and oxygen atoms in total. The van der Waals surface area contributed by atoms with E-state index in [0.717, 1.165) is 43.5 Å². The number of hydrogen-bond donors (Lipinski definition) is 1. The Labute approximate surface area is 202 Å². The average molecular weight is 512 g/mol. The predicted octanol–water partition coefficient (Wildman–Crippen LogP) is 3.98.